The van der Waals surface area contributed by atoms with Gasteiger partial charge in [0.2, 0.25) is 0 Å². The van der Waals surface area contributed by atoms with E-state index in [9.17, 15) is 8.42 Å². The van der Waals surface area contributed by atoms with E-state index in [1.165, 1.54) is 0 Å². The molecule has 0 saturated heterocycles. The van der Waals surface area contributed by atoms with Crippen LogP contribution in [0.4, 0.5) is 0 Å². The number of sulfone groups is 1. The number of nitrogens with one attached hydrogen (secondary N) is 1. The molecule has 0 radical (unpaired) electrons. The third-order valence-corrected chi connectivity index (χ3v) is 3.81. The van der Waals surface area contributed by atoms with E-state index in [4.69, 9.17) is 0 Å². The summed E-state index contributed by atoms with van der Waals surface area (Å²) in [5.74, 6) is 0.397. The summed E-state index contributed by atoms with van der Waals surface area (Å²) in [5.41, 5.74) is 0.923. The molecule has 5 nitrogen and oxygen atoms in total. The molecule has 0 atom stereocenters. The number of aryl methyl sites for hydroxylation is 1. The normalized spacial score (nSPS) is 11.9. The molecule has 0 aliphatic rings. The second-order valence-electron chi connectivity index (χ2n) is 3.39. The highest BCUT2D eigenvalue weighted by molar-refractivity contribution is 7.91. The molecule has 0 amide bonds. The number of rotatable bonds is 6. The minimum atomic E-state index is -2.86. The van der Waals surface area contributed by atoms with Crippen LogP contribution < -0.4 is 5.32 Å². The fourth-order valence-corrected chi connectivity index (χ4v) is 1.89. The van der Waals surface area contributed by atoms with Crippen LogP contribution in [0.25, 0.3) is 0 Å². The van der Waals surface area contributed by atoms with Crippen molar-refractivity contribution in [2.45, 2.75) is 13.5 Å². The van der Waals surface area contributed by atoms with Crippen molar-refractivity contribution in [3.63, 3.8) is 0 Å². The molecule has 1 rings (SSSR count). The Kier molecular flexibility index (Phi) is 4.28. The van der Waals surface area contributed by atoms with Crippen molar-refractivity contribution >= 4 is 9.84 Å². The van der Waals surface area contributed by atoms with Gasteiger partial charge in [0.25, 0.3) is 0 Å². The molecule has 1 aromatic rings. The molecule has 1 aromatic heterocycles. The van der Waals surface area contributed by atoms with E-state index in [-0.39, 0.29) is 11.5 Å². The van der Waals surface area contributed by atoms with E-state index < -0.39 is 9.84 Å². The summed E-state index contributed by atoms with van der Waals surface area (Å²) in [6.07, 6.45) is 1.86. The van der Waals surface area contributed by atoms with E-state index in [0.717, 1.165) is 5.69 Å². The summed E-state index contributed by atoms with van der Waals surface area (Å²) in [5, 5.41) is 7.22. The minimum absolute atomic E-state index is 0.191. The molecule has 0 spiro atoms. The predicted molar refractivity (Wildman–Crippen MR) is 59.2 cm³/mol. The Morgan fingerprint density at radius 1 is 1.53 bits per heavy atom. The average molecular weight is 231 g/mol. The smallest absolute Gasteiger partial charge is 0.151 e. The topological polar surface area (TPSA) is 64.0 Å². The summed E-state index contributed by atoms with van der Waals surface area (Å²) >= 11 is 0. The monoisotopic (exact) mass is 231 g/mol. The van der Waals surface area contributed by atoms with E-state index >= 15 is 0 Å². The second kappa shape index (κ2) is 5.27. The van der Waals surface area contributed by atoms with Gasteiger partial charge < -0.3 is 5.32 Å². The average Bonchev–Trinajstić information content (AvgIpc) is 2.59. The van der Waals surface area contributed by atoms with Gasteiger partial charge in [-0.05, 0) is 6.07 Å². The molecule has 86 valence electrons. The Balaban J connectivity index is 2.23. The first kappa shape index (κ1) is 12.2. The fraction of sp³-hybridized carbons (Fsp3) is 0.667. The van der Waals surface area contributed by atoms with Gasteiger partial charge in [-0.15, -0.1) is 0 Å². The van der Waals surface area contributed by atoms with Crippen molar-refractivity contribution < 1.29 is 8.42 Å². The lowest BCUT2D eigenvalue weighted by molar-refractivity contribution is 0.590. The lowest BCUT2D eigenvalue weighted by Gasteiger charge is -2.02. The summed E-state index contributed by atoms with van der Waals surface area (Å²) in [4.78, 5) is 0. The lowest BCUT2D eigenvalue weighted by Crippen LogP contribution is -2.23. The lowest BCUT2D eigenvalue weighted by atomic mass is 10.4. The standard InChI is InChI=1S/C9H17N3O2S/c1-3-15(13,14)7-5-10-8-9-4-6-12(2)11-9/h4,6,10H,3,5,7-8H2,1-2H3. The quantitative estimate of drug-likeness (QED) is 0.697. The fourth-order valence-electron chi connectivity index (χ4n) is 1.15. The molecule has 15 heavy (non-hydrogen) atoms. The van der Waals surface area contributed by atoms with Gasteiger partial charge >= 0.3 is 0 Å². The molecular weight excluding hydrogens is 214 g/mol. The van der Waals surface area contributed by atoms with Crippen molar-refractivity contribution in [3.05, 3.63) is 18.0 Å². The first-order chi connectivity index (χ1) is 7.03. The van der Waals surface area contributed by atoms with E-state index in [1.54, 1.807) is 11.6 Å². The van der Waals surface area contributed by atoms with Crippen LogP contribution in [-0.4, -0.2) is 36.2 Å². The Labute approximate surface area is 90.4 Å². The van der Waals surface area contributed by atoms with Crippen LogP contribution >= 0.6 is 0 Å². The third-order valence-electron chi connectivity index (χ3n) is 2.10. The molecule has 0 aliphatic carbocycles. The van der Waals surface area contributed by atoms with Gasteiger partial charge in [-0.1, -0.05) is 6.92 Å². The highest BCUT2D eigenvalue weighted by atomic mass is 32.2. The maximum Gasteiger partial charge on any atom is 0.151 e. The van der Waals surface area contributed by atoms with Crippen molar-refractivity contribution in [1.29, 1.82) is 0 Å². The maximum atomic E-state index is 11.2. The Hall–Kier alpha value is -0.880. The van der Waals surface area contributed by atoms with Crippen molar-refractivity contribution in [2.24, 2.45) is 7.05 Å². The van der Waals surface area contributed by atoms with Crippen LogP contribution in [0.5, 0.6) is 0 Å². The molecule has 1 N–H and O–H groups in total. The molecule has 0 saturated carbocycles. The number of aromatic nitrogens is 2. The van der Waals surface area contributed by atoms with Crippen molar-refractivity contribution in [3.8, 4) is 0 Å². The van der Waals surface area contributed by atoms with E-state index in [1.807, 2.05) is 19.3 Å². The second-order valence-corrected chi connectivity index (χ2v) is 5.87. The van der Waals surface area contributed by atoms with Gasteiger partial charge in [-0.2, -0.15) is 5.10 Å². The van der Waals surface area contributed by atoms with Crippen LogP contribution in [0, 0.1) is 0 Å². The summed E-state index contributed by atoms with van der Waals surface area (Å²) < 4.78 is 24.0. The maximum absolute atomic E-state index is 11.2. The molecule has 0 bridgehead atoms. The van der Waals surface area contributed by atoms with E-state index in [0.29, 0.717) is 13.1 Å². The van der Waals surface area contributed by atoms with Gasteiger partial charge in [0.1, 0.15) is 0 Å². The zero-order chi connectivity index (χ0) is 11.3. The SMILES string of the molecule is CCS(=O)(=O)CCNCc1ccn(C)n1. The van der Waals surface area contributed by atoms with Crippen LogP contribution in [0.1, 0.15) is 12.6 Å². The molecule has 0 fully saturated rings. The van der Waals surface area contributed by atoms with Crippen LogP contribution in [0.15, 0.2) is 12.3 Å². The summed E-state index contributed by atoms with van der Waals surface area (Å²) in [7, 11) is -1.00. The Morgan fingerprint density at radius 2 is 2.27 bits per heavy atom. The van der Waals surface area contributed by atoms with Gasteiger partial charge in [-0.25, -0.2) is 8.42 Å². The Morgan fingerprint density at radius 3 is 2.80 bits per heavy atom. The zero-order valence-corrected chi connectivity index (χ0v) is 9.92. The highest BCUT2D eigenvalue weighted by Crippen LogP contribution is 1.93. The molecule has 6 heteroatoms. The van der Waals surface area contributed by atoms with E-state index in [2.05, 4.69) is 10.4 Å². The largest absolute Gasteiger partial charge is 0.310 e. The van der Waals surface area contributed by atoms with Gasteiger partial charge in [0.05, 0.1) is 11.4 Å². The zero-order valence-electron chi connectivity index (χ0n) is 9.10. The number of hydrogen-bond donors (Lipinski definition) is 1. The third kappa shape index (κ3) is 4.44. The minimum Gasteiger partial charge on any atom is -0.310 e. The molecular formula is C9H17N3O2S. The summed E-state index contributed by atoms with van der Waals surface area (Å²) in [6.45, 7) is 2.75. The van der Waals surface area contributed by atoms with Gasteiger partial charge in [0.15, 0.2) is 9.84 Å². The first-order valence-electron chi connectivity index (χ1n) is 4.93. The molecule has 0 aromatic carbocycles. The summed E-state index contributed by atoms with van der Waals surface area (Å²) in [6, 6.07) is 1.90. The molecule has 1 heterocycles. The Bertz CT molecular complexity index is 397. The molecule has 0 unspecified atom stereocenters. The van der Waals surface area contributed by atoms with Crippen LogP contribution in [-0.2, 0) is 23.4 Å². The predicted octanol–water partition coefficient (Wildman–Crippen LogP) is -0.0556. The van der Waals surface area contributed by atoms with Crippen LogP contribution in [0.2, 0.25) is 0 Å². The highest BCUT2D eigenvalue weighted by Gasteiger charge is 2.06. The molecule has 0 aliphatic heterocycles. The van der Waals surface area contributed by atoms with Crippen molar-refractivity contribution in [2.75, 3.05) is 18.1 Å². The number of hydrogen-bond acceptors (Lipinski definition) is 4. The van der Waals surface area contributed by atoms with Gasteiger partial charge in [0, 0.05) is 32.1 Å². The first-order valence-corrected chi connectivity index (χ1v) is 6.75. The number of nitrogens with zero attached hydrogens (tertiary/aromatic N) is 2. The van der Waals surface area contributed by atoms with Crippen LogP contribution in [0.3, 0.4) is 0 Å². The van der Waals surface area contributed by atoms with Crippen molar-refractivity contribution in [1.82, 2.24) is 15.1 Å². The van der Waals surface area contributed by atoms with Gasteiger partial charge in [-0.3, -0.25) is 4.68 Å².